The summed E-state index contributed by atoms with van der Waals surface area (Å²) in [5, 5.41) is 19.0. The minimum absolute atomic E-state index is 0.0112. The summed E-state index contributed by atoms with van der Waals surface area (Å²) in [6.07, 6.45) is 0. The zero-order valence-corrected chi connectivity index (χ0v) is 17.5. The predicted octanol–water partition coefficient (Wildman–Crippen LogP) is 5.36. The SMILES string of the molecule is CC(C)(C)CNC(=NCc1cccs1)Nc1cc(C(C)(C)C)ccc1O. The molecular formula is C21H31N3OS. The first-order valence-corrected chi connectivity index (χ1v) is 9.84. The maximum Gasteiger partial charge on any atom is 0.196 e. The molecule has 0 aliphatic heterocycles. The quantitative estimate of drug-likeness (QED) is 0.384. The Morgan fingerprint density at radius 2 is 1.85 bits per heavy atom. The largest absolute Gasteiger partial charge is 0.506 e. The number of aliphatic imine (C=N–C) groups is 1. The number of guanidine groups is 1. The zero-order valence-electron chi connectivity index (χ0n) is 16.7. The average Bonchev–Trinajstić information content (AvgIpc) is 3.03. The lowest BCUT2D eigenvalue weighted by Gasteiger charge is -2.23. The summed E-state index contributed by atoms with van der Waals surface area (Å²) in [6, 6.07) is 9.81. The van der Waals surface area contributed by atoms with E-state index in [1.807, 2.05) is 18.2 Å². The lowest BCUT2D eigenvalue weighted by Crippen LogP contribution is -2.37. The van der Waals surface area contributed by atoms with Crippen LogP contribution in [0.15, 0.2) is 40.7 Å². The maximum absolute atomic E-state index is 10.3. The monoisotopic (exact) mass is 373 g/mol. The number of aromatic hydroxyl groups is 1. The minimum atomic E-state index is 0.0112. The van der Waals surface area contributed by atoms with E-state index in [-0.39, 0.29) is 16.6 Å². The van der Waals surface area contributed by atoms with Crippen molar-refractivity contribution < 1.29 is 5.11 Å². The number of hydrogen-bond donors (Lipinski definition) is 3. The molecule has 0 atom stereocenters. The second kappa shape index (κ2) is 8.12. The number of hydrogen-bond acceptors (Lipinski definition) is 3. The van der Waals surface area contributed by atoms with Crippen LogP contribution >= 0.6 is 11.3 Å². The van der Waals surface area contributed by atoms with Gasteiger partial charge in [0.15, 0.2) is 5.96 Å². The fourth-order valence-corrected chi connectivity index (χ4v) is 2.91. The van der Waals surface area contributed by atoms with Crippen LogP contribution in [0.2, 0.25) is 0 Å². The number of phenols is 1. The molecule has 0 bridgehead atoms. The number of rotatable bonds is 4. The van der Waals surface area contributed by atoms with E-state index in [1.165, 1.54) is 4.88 Å². The molecule has 1 heterocycles. The summed E-state index contributed by atoms with van der Waals surface area (Å²) in [6.45, 7) is 14.4. The topological polar surface area (TPSA) is 56.7 Å². The Morgan fingerprint density at radius 3 is 2.42 bits per heavy atom. The smallest absolute Gasteiger partial charge is 0.196 e. The third kappa shape index (κ3) is 6.37. The molecule has 0 aliphatic carbocycles. The molecule has 0 radical (unpaired) electrons. The second-order valence-electron chi connectivity index (χ2n) is 8.77. The van der Waals surface area contributed by atoms with Crippen molar-refractivity contribution in [2.24, 2.45) is 10.4 Å². The molecule has 0 unspecified atom stereocenters. The predicted molar refractivity (Wildman–Crippen MR) is 113 cm³/mol. The van der Waals surface area contributed by atoms with E-state index in [2.05, 4.69) is 63.6 Å². The van der Waals surface area contributed by atoms with Gasteiger partial charge in [0.25, 0.3) is 0 Å². The van der Waals surface area contributed by atoms with Crippen molar-refractivity contribution in [2.75, 3.05) is 11.9 Å². The molecule has 0 saturated heterocycles. The summed E-state index contributed by atoms with van der Waals surface area (Å²) >= 11 is 1.69. The first kappa shape index (κ1) is 20.3. The van der Waals surface area contributed by atoms with Crippen LogP contribution in [-0.4, -0.2) is 17.6 Å². The van der Waals surface area contributed by atoms with Gasteiger partial charge in [-0.3, -0.25) is 0 Å². The van der Waals surface area contributed by atoms with Gasteiger partial charge in [0.2, 0.25) is 0 Å². The van der Waals surface area contributed by atoms with E-state index in [4.69, 9.17) is 4.99 Å². The fraction of sp³-hybridized carbons (Fsp3) is 0.476. The lowest BCUT2D eigenvalue weighted by atomic mass is 9.87. The molecule has 142 valence electrons. The second-order valence-corrected chi connectivity index (χ2v) is 9.80. The van der Waals surface area contributed by atoms with Crippen LogP contribution in [0.4, 0.5) is 5.69 Å². The normalized spacial score (nSPS) is 12.9. The number of thiophene rings is 1. The summed E-state index contributed by atoms with van der Waals surface area (Å²) in [5.74, 6) is 0.897. The average molecular weight is 374 g/mol. The van der Waals surface area contributed by atoms with Crippen molar-refractivity contribution in [3.63, 3.8) is 0 Å². The van der Waals surface area contributed by atoms with Crippen LogP contribution < -0.4 is 10.6 Å². The summed E-state index contributed by atoms with van der Waals surface area (Å²) in [5.41, 5.74) is 1.97. The molecule has 2 rings (SSSR count). The number of nitrogens with one attached hydrogen (secondary N) is 2. The third-order valence-corrected chi connectivity index (χ3v) is 4.74. The molecule has 5 heteroatoms. The number of anilines is 1. The Bertz CT molecular complexity index is 738. The highest BCUT2D eigenvalue weighted by Gasteiger charge is 2.17. The van der Waals surface area contributed by atoms with Crippen molar-refractivity contribution >= 4 is 23.0 Å². The Hall–Kier alpha value is -2.01. The van der Waals surface area contributed by atoms with E-state index in [0.29, 0.717) is 18.2 Å². The van der Waals surface area contributed by atoms with Crippen LogP contribution in [-0.2, 0) is 12.0 Å². The summed E-state index contributed by atoms with van der Waals surface area (Å²) in [4.78, 5) is 5.89. The van der Waals surface area contributed by atoms with E-state index < -0.39 is 0 Å². The molecule has 0 fully saturated rings. The molecule has 2 aromatic rings. The van der Waals surface area contributed by atoms with Crippen molar-refractivity contribution in [3.8, 4) is 5.75 Å². The van der Waals surface area contributed by atoms with Crippen LogP contribution in [0.3, 0.4) is 0 Å². The molecule has 3 N–H and O–H groups in total. The van der Waals surface area contributed by atoms with Crippen LogP contribution in [0.1, 0.15) is 52.0 Å². The van der Waals surface area contributed by atoms with Gasteiger partial charge in [0.1, 0.15) is 5.75 Å². The minimum Gasteiger partial charge on any atom is -0.506 e. The molecule has 0 aliphatic rings. The van der Waals surface area contributed by atoms with E-state index in [0.717, 1.165) is 12.1 Å². The molecule has 0 spiro atoms. The maximum atomic E-state index is 10.3. The van der Waals surface area contributed by atoms with Crippen LogP contribution in [0.25, 0.3) is 0 Å². The van der Waals surface area contributed by atoms with E-state index >= 15 is 0 Å². The van der Waals surface area contributed by atoms with Gasteiger partial charge in [-0.2, -0.15) is 0 Å². The van der Waals surface area contributed by atoms with Crippen LogP contribution in [0, 0.1) is 5.41 Å². The summed E-state index contributed by atoms with van der Waals surface area (Å²) in [7, 11) is 0. The zero-order chi connectivity index (χ0) is 19.4. The van der Waals surface area contributed by atoms with Crippen molar-refractivity contribution in [1.82, 2.24) is 5.32 Å². The van der Waals surface area contributed by atoms with Gasteiger partial charge >= 0.3 is 0 Å². The van der Waals surface area contributed by atoms with E-state index in [9.17, 15) is 5.11 Å². The first-order chi connectivity index (χ1) is 12.0. The number of nitrogens with zero attached hydrogens (tertiary/aromatic N) is 1. The van der Waals surface area contributed by atoms with Gasteiger partial charge in [0.05, 0.1) is 12.2 Å². The molecular weight excluding hydrogens is 342 g/mol. The highest BCUT2D eigenvalue weighted by Crippen LogP contribution is 2.30. The number of benzene rings is 1. The van der Waals surface area contributed by atoms with Gasteiger partial charge in [-0.15, -0.1) is 11.3 Å². The van der Waals surface area contributed by atoms with E-state index in [1.54, 1.807) is 17.4 Å². The fourth-order valence-electron chi connectivity index (χ4n) is 2.28. The van der Waals surface area contributed by atoms with Gasteiger partial charge in [-0.25, -0.2) is 4.99 Å². The Balaban J connectivity index is 2.23. The molecule has 1 aromatic carbocycles. The van der Waals surface area contributed by atoms with Gasteiger partial charge in [-0.05, 0) is 40.0 Å². The highest BCUT2D eigenvalue weighted by molar-refractivity contribution is 7.09. The van der Waals surface area contributed by atoms with Gasteiger partial charge in [0, 0.05) is 11.4 Å². The number of phenolic OH excluding ortho intramolecular Hbond substituents is 1. The Kier molecular flexibility index (Phi) is 6.34. The Labute approximate surface area is 161 Å². The molecule has 26 heavy (non-hydrogen) atoms. The molecule has 1 aromatic heterocycles. The lowest BCUT2D eigenvalue weighted by molar-refractivity contribution is 0.408. The highest BCUT2D eigenvalue weighted by atomic mass is 32.1. The first-order valence-electron chi connectivity index (χ1n) is 8.96. The summed E-state index contributed by atoms with van der Waals surface area (Å²) < 4.78 is 0. The third-order valence-electron chi connectivity index (χ3n) is 3.87. The van der Waals surface area contributed by atoms with Gasteiger partial charge < -0.3 is 15.7 Å². The molecule has 0 saturated carbocycles. The van der Waals surface area contributed by atoms with Crippen molar-refractivity contribution in [2.45, 2.75) is 53.5 Å². The standard InChI is InChI=1S/C21H31N3OS/c1-20(2,3)14-23-19(22-13-16-8-7-11-26-16)24-17-12-15(21(4,5)6)9-10-18(17)25/h7-12,25H,13-14H2,1-6H3,(H2,22,23,24). The van der Waals surface area contributed by atoms with Crippen molar-refractivity contribution in [1.29, 1.82) is 0 Å². The Morgan fingerprint density at radius 1 is 1.12 bits per heavy atom. The molecule has 0 amide bonds. The van der Waals surface area contributed by atoms with Gasteiger partial charge in [-0.1, -0.05) is 53.7 Å². The van der Waals surface area contributed by atoms with Crippen molar-refractivity contribution in [3.05, 3.63) is 46.2 Å². The molecule has 4 nitrogen and oxygen atoms in total. The van der Waals surface area contributed by atoms with Crippen LogP contribution in [0.5, 0.6) is 5.75 Å².